The number of halogens is 2. The van der Waals surface area contributed by atoms with E-state index in [9.17, 15) is 9.59 Å². The zero-order valence-electron chi connectivity index (χ0n) is 15.3. The van der Waals surface area contributed by atoms with Gasteiger partial charge >= 0.3 is 5.97 Å². The molecule has 29 heavy (non-hydrogen) atoms. The molecule has 0 aliphatic heterocycles. The Morgan fingerprint density at radius 1 is 1.17 bits per heavy atom. The van der Waals surface area contributed by atoms with Crippen LogP contribution >= 0.6 is 34.5 Å². The van der Waals surface area contributed by atoms with Crippen LogP contribution in [0.2, 0.25) is 10.0 Å². The number of aromatic nitrogens is 1. The van der Waals surface area contributed by atoms with Gasteiger partial charge in [0, 0.05) is 16.9 Å². The molecule has 9 heteroatoms. The average molecular weight is 450 g/mol. The number of rotatable bonds is 7. The molecular weight excluding hydrogens is 433 g/mol. The summed E-state index contributed by atoms with van der Waals surface area (Å²) in [6.45, 7) is 2.06. The molecule has 150 valence electrons. The first-order chi connectivity index (χ1) is 13.9. The van der Waals surface area contributed by atoms with E-state index in [1.807, 2.05) is 30.3 Å². The number of anilines is 2. The fraction of sp³-hybridized carbons (Fsp3) is 0.150. The molecule has 0 spiro atoms. The lowest BCUT2D eigenvalue weighted by Gasteiger charge is -2.13. The summed E-state index contributed by atoms with van der Waals surface area (Å²) in [4.78, 5) is 28.8. The molecule has 1 heterocycles. The number of benzene rings is 2. The van der Waals surface area contributed by atoms with Gasteiger partial charge in [-0.25, -0.2) is 9.78 Å². The van der Waals surface area contributed by atoms with E-state index in [1.165, 1.54) is 24.3 Å². The van der Waals surface area contributed by atoms with Gasteiger partial charge in [-0.3, -0.25) is 4.79 Å². The Hall–Kier alpha value is -2.61. The van der Waals surface area contributed by atoms with Crippen molar-refractivity contribution < 1.29 is 14.3 Å². The van der Waals surface area contributed by atoms with Crippen LogP contribution in [0.3, 0.4) is 0 Å². The van der Waals surface area contributed by atoms with E-state index in [-0.39, 0.29) is 10.7 Å². The van der Waals surface area contributed by atoms with Crippen molar-refractivity contribution in [1.29, 1.82) is 0 Å². The number of esters is 1. The summed E-state index contributed by atoms with van der Waals surface area (Å²) in [5.41, 5.74) is 1.61. The highest BCUT2D eigenvalue weighted by Crippen LogP contribution is 2.25. The molecule has 2 aromatic carbocycles. The SMILES string of the molecule is CC(OC(=O)c1csc(NCc2ccccc2)n1)C(=O)Nc1ccc(Cl)cc1Cl. The van der Waals surface area contributed by atoms with Crippen LogP contribution < -0.4 is 10.6 Å². The van der Waals surface area contributed by atoms with E-state index >= 15 is 0 Å². The molecule has 3 aromatic rings. The van der Waals surface area contributed by atoms with Crippen LogP contribution in [0.4, 0.5) is 10.8 Å². The van der Waals surface area contributed by atoms with Crippen molar-refractivity contribution in [2.24, 2.45) is 0 Å². The fourth-order valence-corrected chi connectivity index (χ4v) is 3.46. The topological polar surface area (TPSA) is 80.3 Å². The first-order valence-electron chi connectivity index (χ1n) is 8.62. The molecule has 0 saturated carbocycles. The lowest BCUT2D eigenvalue weighted by molar-refractivity contribution is -0.123. The molecule has 1 unspecified atom stereocenters. The van der Waals surface area contributed by atoms with E-state index in [4.69, 9.17) is 27.9 Å². The Balaban J connectivity index is 1.54. The maximum atomic E-state index is 12.3. The number of nitrogens with one attached hydrogen (secondary N) is 2. The third-order valence-electron chi connectivity index (χ3n) is 3.84. The Kier molecular flexibility index (Phi) is 7.09. The van der Waals surface area contributed by atoms with Crippen LogP contribution in [-0.4, -0.2) is 23.0 Å². The predicted molar refractivity (Wildman–Crippen MR) is 116 cm³/mol. The average Bonchev–Trinajstić information content (AvgIpc) is 3.18. The van der Waals surface area contributed by atoms with Crippen LogP contribution in [0.1, 0.15) is 23.0 Å². The Morgan fingerprint density at radius 2 is 1.93 bits per heavy atom. The molecule has 0 aliphatic rings. The third-order valence-corrected chi connectivity index (χ3v) is 5.19. The molecular formula is C20H17Cl2N3O3S. The summed E-state index contributed by atoms with van der Waals surface area (Å²) in [5.74, 6) is -1.20. The van der Waals surface area contributed by atoms with Crippen molar-refractivity contribution >= 4 is 57.2 Å². The molecule has 0 bridgehead atoms. The van der Waals surface area contributed by atoms with Gasteiger partial charge in [-0.1, -0.05) is 53.5 Å². The van der Waals surface area contributed by atoms with Crippen LogP contribution in [0, 0.1) is 0 Å². The second-order valence-corrected chi connectivity index (χ2v) is 7.74. The molecule has 2 N–H and O–H groups in total. The Morgan fingerprint density at radius 3 is 2.66 bits per heavy atom. The molecule has 1 amide bonds. The highest BCUT2D eigenvalue weighted by atomic mass is 35.5. The predicted octanol–water partition coefficient (Wildman–Crippen LogP) is 5.25. The van der Waals surface area contributed by atoms with Crippen molar-refractivity contribution in [2.75, 3.05) is 10.6 Å². The van der Waals surface area contributed by atoms with Crippen LogP contribution in [0.25, 0.3) is 0 Å². The number of nitrogens with zero attached hydrogens (tertiary/aromatic N) is 1. The summed E-state index contributed by atoms with van der Waals surface area (Å²) in [5, 5.41) is 8.66. The minimum Gasteiger partial charge on any atom is -0.448 e. The van der Waals surface area contributed by atoms with Gasteiger partial charge in [0.1, 0.15) is 0 Å². The minimum absolute atomic E-state index is 0.134. The van der Waals surface area contributed by atoms with Crippen LogP contribution in [0.5, 0.6) is 0 Å². The maximum Gasteiger partial charge on any atom is 0.358 e. The number of hydrogen-bond donors (Lipinski definition) is 2. The van der Waals surface area contributed by atoms with E-state index in [2.05, 4.69) is 15.6 Å². The van der Waals surface area contributed by atoms with Crippen molar-refractivity contribution in [3.8, 4) is 0 Å². The largest absolute Gasteiger partial charge is 0.448 e. The quantitative estimate of drug-likeness (QED) is 0.481. The second kappa shape index (κ2) is 9.73. The monoisotopic (exact) mass is 449 g/mol. The standard InChI is InChI=1S/C20H17Cl2N3O3S/c1-12(18(26)24-16-8-7-14(21)9-15(16)22)28-19(27)17-11-29-20(25-17)23-10-13-5-3-2-4-6-13/h2-9,11-12H,10H2,1H3,(H,23,25)(H,24,26). The number of hydrogen-bond acceptors (Lipinski definition) is 6. The van der Waals surface area contributed by atoms with E-state index < -0.39 is 18.0 Å². The zero-order valence-corrected chi connectivity index (χ0v) is 17.6. The van der Waals surface area contributed by atoms with Crippen molar-refractivity contribution in [3.05, 3.63) is 75.2 Å². The number of amides is 1. The summed E-state index contributed by atoms with van der Waals surface area (Å²) >= 11 is 13.2. The van der Waals surface area contributed by atoms with Gasteiger partial charge in [0.05, 0.1) is 10.7 Å². The summed E-state index contributed by atoms with van der Waals surface area (Å²) in [6, 6.07) is 14.5. The normalized spacial score (nSPS) is 11.6. The number of carbonyl (C=O) groups excluding carboxylic acids is 2. The first-order valence-corrected chi connectivity index (χ1v) is 10.3. The molecule has 0 radical (unpaired) electrons. The second-order valence-electron chi connectivity index (χ2n) is 6.04. The third kappa shape index (κ3) is 5.93. The number of thiazole rings is 1. The smallest absolute Gasteiger partial charge is 0.358 e. The zero-order chi connectivity index (χ0) is 20.8. The van der Waals surface area contributed by atoms with Crippen LogP contribution in [0.15, 0.2) is 53.9 Å². The number of ether oxygens (including phenoxy) is 1. The van der Waals surface area contributed by atoms with Gasteiger partial charge in [-0.2, -0.15) is 0 Å². The van der Waals surface area contributed by atoms with Gasteiger partial charge in [-0.05, 0) is 30.7 Å². The lowest BCUT2D eigenvalue weighted by atomic mass is 10.2. The summed E-state index contributed by atoms with van der Waals surface area (Å²) in [6.07, 6.45) is -1.03. The van der Waals surface area contributed by atoms with Crippen molar-refractivity contribution in [3.63, 3.8) is 0 Å². The van der Waals surface area contributed by atoms with E-state index in [1.54, 1.807) is 17.5 Å². The highest BCUT2D eigenvalue weighted by molar-refractivity contribution is 7.13. The molecule has 0 aliphatic carbocycles. The van der Waals surface area contributed by atoms with E-state index in [0.717, 1.165) is 5.56 Å². The van der Waals surface area contributed by atoms with Crippen molar-refractivity contribution in [2.45, 2.75) is 19.6 Å². The summed E-state index contributed by atoms with van der Waals surface area (Å²) < 4.78 is 5.21. The Bertz CT molecular complexity index is 1010. The first kappa shape index (κ1) is 21.1. The summed E-state index contributed by atoms with van der Waals surface area (Å²) in [7, 11) is 0. The van der Waals surface area contributed by atoms with Gasteiger partial charge in [0.2, 0.25) is 0 Å². The Labute approximate surface area is 181 Å². The maximum absolute atomic E-state index is 12.3. The molecule has 6 nitrogen and oxygen atoms in total. The van der Waals surface area contributed by atoms with Gasteiger partial charge < -0.3 is 15.4 Å². The molecule has 3 rings (SSSR count). The van der Waals surface area contributed by atoms with Gasteiger partial charge in [-0.15, -0.1) is 11.3 Å². The van der Waals surface area contributed by atoms with Crippen molar-refractivity contribution in [1.82, 2.24) is 4.98 Å². The highest BCUT2D eigenvalue weighted by Gasteiger charge is 2.21. The van der Waals surface area contributed by atoms with Crippen LogP contribution in [-0.2, 0) is 16.1 Å². The van der Waals surface area contributed by atoms with Gasteiger partial charge in [0.15, 0.2) is 16.9 Å². The minimum atomic E-state index is -1.03. The molecule has 1 aromatic heterocycles. The van der Waals surface area contributed by atoms with Gasteiger partial charge in [0.25, 0.3) is 5.91 Å². The molecule has 0 saturated heterocycles. The lowest BCUT2D eigenvalue weighted by Crippen LogP contribution is -2.30. The molecule has 0 fully saturated rings. The number of carbonyl (C=O) groups is 2. The molecule has 1 atom stereocenters. The van der Waals surface area contributed by atoms with E-state index in [0.29, 0.717) is 22.4 Å². The fourth-order valence-electron chi connectivity index (χ4n) is 2.32.